The molecule has 0 fully saturated rings. The van der Waals surface area contributed by atoms with Crippen LogP contribution in [-0.4, -0.2) is 38.4 Å². The van der Waals surface area contributed by atoms with E-state index in [1.54, 1.807) is 7.05 Å². The van der Waals surface area contributed by atoms with Crippen LogP contribution in [0.2, 0.25) is 0 Å². The molecule has 0 rings (SSSR count). The zero-order valence-electron chi connectivity index (χ0n) is 10.1. The minimum absolute atomic E-state index is 0.313. The number of likely N-dealkylation sites (N-methyl/N-ethyl adjacent to an activating group) is 1. The minimum atomic E-state index is -3.40. The molecule has 0 saturated carbocycles. The minimum Gasteiger partial charge on any atom is -0.329 e. The van der Waals surface area contributed by atoms with Crippen LogP contribution in [0.25, 0.3) is 0 Å². The van der Waals surface area contributed by atoms with Gasteiger partial charge < -0.3 is 5.73 Å². The molecular weight excluding hydrogens is 214 g/mol. The highest BCUT2D eigenvalue weighted by molar-refractivity contribution is 7.87. The van der Waals surface area contributed by atoms with Gasteiger partial charge in [-0.3, -0.25) is 0 Å². The van der Waals surface area contributed by atoms with Crippen LogP contribution >= 0.6 is 0 Å². The predicted octanol–water partition coefficient (Wildman–Crippen LogP) is 0.290. The summed E-state index contributed by atoms with van der Waals surface area (Å²) in [4.78, 5) is 0. The highest BCUT2D eigenvalue weighted by Crippen LogP contribution is 2.18. The van der Waals surface area contributed by atoms with Crippen molar-refractivity contribution in [3.63, 3.8) is 0 Å². The van der Waals surface area contributed by atoms with Gasteiger partial charge in [0.1, 0.15) is 0 Å². The van der Waals surface area contributed by atoms with Crippen LogP contribution < -0.4 is 10.5 Å². The molecule has 0 bridgehead atoms. The number of rotatable bonds is 7. The van der Waals surface area contributed by atoms with Crippen molar-refractivity contribution < 1.29 is 8.42 Å². The summed E-state index contributed by atoms with van der Waals surface area (Å²) in [6.45, 7) is 6.46. The van der Waals surface area contributed by atoms with E-state index in [0.29, 0.717) is 19.5 Å². The topological polar surface area (TPSA) is 75.4 Å². The van der Waals surface area contributed by atoms with Crippen LogP contribution in [0.5, 0.6) is 0 Å². The molecule has 0 aromatic carbocycles. The van der Waals surface area contributed by atoms with Gasteiger partial charge in [-0.2, -0.15) is 12.7 Å². The number of nitrogens with two attached hydrogens (primary N) is 1. The molecular formula is C9H23N3O2S. The van der Waals surface area contributed by atoms with Gasteiger partial charge in [-0.15, -0.1) is 0 Å². The van der Waals surface area contributed by atoms with E-state index >= 15 is 0 Å². The maximum atomic E-state index is 11.8. The first-order chi connectivity index (χ1) is 6.84. The molecule has 0 aliphatic rings. The van der Waals surface area contributed by atoms with E-state index in [9.17, 15) is 8.42 Å². The summed E-state index contributed by atoms with van der Waals surface area (Å²) < 4.78 is 27.5. The molecule has 6 heteroatoms. The smallest absolute Gasteiger partial charge is 0.279 e. The van der Waals surface area contributed by atoms with Crippen molar-refractivity contribution in [2.75, 3.05) is 20.1 Å². The molecule has 0 radical (unpaired) electrons. The van der Waals surface area contributed by atoms with Gasteiger partial charge >= 0.3 is 0 Å². The number of nitrogens with zero attached hydrogens (tertiary/aromatic N) is 1. The maximum Gasteiger partial charge on any atom is 0.279 e. The zero-order chi connectivity index (χ0) is 12.1. The molecule has 1 atom stereocenters. The van der Waals surface area contributed by atoms with Gasteiger partial charge in [0.15, 0.2) is 0 Å². The van der Waals surface area contributed by atoms with Crippen LogP contribution in [0.1, 0.15) is 33.6 Å². The first-order valence-electron chi connectivity index (χ1n) is 5.27. The van der Waals surface area contributed by atoms with Crippen molar-refractivity contribution in [3.8, 4) is 0 Å². The van der Waals surface area contributed by atoms with E-state index in [1.165, 1.54) is 4.31 Å². The van der Waals surface area contributed by atoms with Crippen LogP contribution in [0.4, 0.5) is 0 Å². The van der Waals surface area contributed by atoms with Crippen LogP contribution in [0.3, 0.4) is 0 Å². The van der Waals surface area contributed by atoms with E-state index in [2.05, 4.69) is 4.72 Å². The lowest BCUT2D eigenvalue weighted by Gasteiger charge is -2.36. The highest BCUT2D eigenvalue weighted by Gasteiger charge is 2.33. The zero-order valence-corrected chi connectivity index (χ0v) is 10.9. The van der Waals surface area contributed by atoms with E-state index in [4.69, 9.17) is 5.73 Å². The molecule has 0 aliphatic carbocycles. The summed E-state index contributed by atoms with van der Waals surface area (Å²) in [6, 6.07) is 0. The molecule has 1 unspecified atom stereocenters. The third-order valence-electron chi connectivity index (χ3n) is 2.86. The van der Waals surface area contributed by atoms with E-state index < -0.39 is 15.7 Å². The van der Waals surface area contributed by atoms with Crippen molar-refractivity contribution in [1.82, 2.24) is 9.03 Å². The van der Waals surface area contributed by atoms with E-state index in [1.807, 2.05) is 20.8 Å². The Morgan fingerprint density at radius 1 is 1.40 bits per heavy atom. The summed E-state index contributed by atoms with van der Waals surface area (Å²) in [7, 11) is -1.84. The highest BCUT2D eigenvalue weighted by atomic mass is 32.2. The third kappa shape index (κ3) is 3.71. The normalized spacial score (nSPS) is 16.7. The Labute approximate surface area is 93.2 Å². The van der Waals surface area contributed by atoms with Crippen LogP contribution in [-0.2, 0) is 10.2 Å². The van der Waals surface area contributed by atoms with Gasteiger partial charge in [0.05, 0.1) is 0 Å². The second kappa shape index (κ2) is 5.79. The van der Waals surface area contributed by atoms with Gasteiger partial charge in [-0.05, 0) is 19.8 Å². The predicted molar refractivity (Wildman–Crippen MR) is 62.7 cm³/mol. The van der Waals surface area contributed by atoms with Crippen molar-refractivity contribution in [2.45, 2.75) is 39.2 Å². The molecule has 0 amide bonds. The molecule has 0 aromatic rings. The Hall–Kier alpha value is -0.170. The van der Waals surface area contributed by atoms with Crippen molar-refractivity contribution in [1.29, 1.82) is 0 Å². The Kier molecular flexibility index (Phi) is 5.72. The maximum absolute atomic E-state index is 11.8. The number of hydrogen-bond acceptors (Lipinski definition) is 3. The molecule has 0 spiro atoms. The third-order valence-corrected chi connectivity index (χ3v) is 4.59. The Balaban J connectivity index is 4.74. The van der Waals surface area contributed by atoms with Crippen molar-refractivity contribution in [3.05, 3.63) is 0 Å². The standard InChI is InChI=1S/C9H23N3O2S/c1-5-7-11-15(13,14)12(4)9(3,6-2)8-10/h11H,5-8,10H2,1-4H3. The summed E-state index contributed by atoms with van der Waals surface area (Å²) in [6.07, 6.45) is 1.46. The number of nitrogens with one attached hydrogen (secondary N) is 1. The van der Waals surface area contributed by atoms with Crippen LogP contribution in [0.15, 0.2) is 0 Å². The fourth-order valence-electron chi connectivity index (χ4n) is 1.11. The molecule has 3 N–H and O–H groups in total. The molecule has 0 saturated heterocycles. The second-order valence-electron chi connectivity index (χ2n) is 3.92. The second-order valence-corrected chi connectivity index (χ2v) is 5.71. The van der Waals surface area contributed by atoms with Crippen molar-refractivity contribution >= 4 is 10.2 Å². The monoisotopic (exact) mass is 237 g/mol. The average molecular weight is 237 g/mol. The first-order valence-corrected chi connectivity index (χ1v) is 6.71. The lowest BCUT2D eigenvalue weighted by Crippen LogP contribution is -2.55. The molecule has 0 aromatic heterocycles. The summed E-state index contributed by atoms with van der Waals surface area (Å²) in [5.74, 6) is 0. The fourth-order valence-corrected chi connectivity index (χ4v) is 2.55. The largest absolute Gasteiger partial charge is 0.329 e. The Morgan fingerprint density at radius 2 is 1.93 bits per heavy atom. The molecule has 15 heavy (non-hydrogen) atoms. The first kappa shape index (κ1) is 14.8. The van der Waals surface area contributed by atoms with E-state index in [0.717, 1.165) is 6.42 Å². The Bertz CT molecular complexity index is 273. The van der Waals surface area contributed by atoms with Crippen molar-refractivity contribution in [2.24, 2.45) is 5.73 Å². The van der Waals surface area contributed by atoms with Gasteiger partial charge in [0.2, 0.25) is 0 Å². The lowest BCUT2D eigenvalue weighted by molar-refractivity contribution is 0.237. The molecule has 0 aliphatic heterocycles. The van der Waals surface area contributed by atoms with Gasteiger partial charge in [0, 0.05) is 25.7 Å². The van der Waals surface area contributed by atoms with Crippen LogP contribution in [0, 0.1) is 0 Å². The quantitative estimate of drug-likeness (QED) is 0.668. The lowest BCUT2D eigenvalue weighted by atomic mass is 10.00. The summed E-state index contributed by atoms with van der Waals surface area (Å²) >= 11 is 0. The molecule has 5 nitrogen and oxygen atoms in total. The van der Waals surface area contributed by atoms with Gasteiger partial charge in [-0.25, -0.2) is 4.72 Å². The summed E-state index contributed by atoms with van der Waals surface area (Å²) in [5.41, 5.74) is 5.10. The van der Waals surface area contributed by atoms with Gasteiger partial charge in [-0.1, -0.05) is 13.8 Å². The SMILES string of the molecule is CCCNS(=O)(=O)N(C)C(C)(CC)CN. The van der Waals surface area contributed by atoms with Gasteiger partial charge in [0.25, 0.3) is 10.2 Å². The van der Waals surface area contributed by atoms with E-state index in [-0.39, 0.29) is 0 Å². The molecule has 92 valence electrons. The summed E-state index contributed by atoms with van der Waals surface area (Å²) in [5, 5.41) is 0. The fraction of sp³-hybridized carbons (Fsp3) is 1.00. The molecule has 0 heterocycles. The number of hydrogen-bond donors (Lipinski definition) is 2. The average Bonchev–Trinajstić information content (AvgIpc) is 2.24. The Morgan fingerprint density at radius 3 is 2.27 bits per heavy atom.